The van der Waals surface area contributed by atoms with Gasteiger partial charge in [0.1, 0.15) is 11.3 Å². The van der Waals surface area contributed by atoms with E-state index in [-0.39, 0.29) is 11.6 Å². The number of benzene rings is 1. The number of aryl methyl sites for hydroxylation is 1. The summed E-state index contributed by atoms with van der Waals surface area (Å²) in [6.45, 7) is 6.05. The van der Waals surface area contributed by atoms with Crippen LogP contribution < -0.4 is 0 Å². The van der Waals surface area contributed by atoms with Crippen molar-refractivity contribution in [2.45, 2.75) is 33.2 Å². The number of aromatic carboxylic acids is 1. The molecule has 0 amide bonds. The van der Waals surface area contributed by atoms with Crippen molar-refractivity contribution in [2.75, 3.05) is 0 Å². The molecule has 1 heterocycles. The smallest absolute Gasteiger partial charge is 0.339 e. The molecule has 0 fully saturated rings. The van der Waals surface area contributed by atoms with Crippen LogP contribution in [0.25, 0.3) is 11.3 Å². The number of carbonyl (C=O) groups is 1. The third-order valence-corrected chi connectivity index (χ3v) is 3.40. The predicted molar refractivity (Wildman–Crippen MR) is 74.4 cm³/mol. The lowest BCUT2D eigenvalue weighted by molar-refractivity contribution is 0.0697. The summed E-state index contributed by atoms with van der Waals surface area (Å²) in [5, 5.41) is 13.8. The van der Waals surface area contributed by atoms with Crippen molar-refractivity contribution in [3.63, 3.8) is 0 Å². The number of carboxylic acids is 1. The van der Waals surface area contributed by atoms with Gasteiger partial charge in [-0.1, -0.05) is 31.2 Å². The summed E-state index contributed by atoms with van der Waals surface area (Å²) in [5.74, 6) is -0.937. The highest BCUT2D eigenvalue weighted by Crippen LogP contribution is 2.26. The molecule has 2 rings (SSSR count). The number of hydrogen-bond donors (Lipinski definition) is 1. The van der Waals surface area contributed by atoms with E-state index in [9.17, 15) is 9.90 Å². The number of rotatable bonds is 4. The Morgan fingerprint density at radius 2 is 2.11 bits per heavy atom. The Bertz CT molecular complexity index is 602. The van der Waals surface area contributed by atoms with E-state index in [1.165, 1.54) is 0 Å². The highest BCUT2D eigenvalue weighted by Gasteiger charge is 2.19. The molecule has 4 heteroatoms. The number of hydrogen-bond acceptors (Lipinski definition) is 2. The van der Waals surface area contributed by atoms with Gasteiger partial charge in [-0.2, -0.15) is 5.10 Å². The lowest BCUT2D eigenvalue weighted by Crippen LogP contribution is -2.04. The van der Waals surface area contributed by atoms with Gasteiger partial charge in [-0.05, 0) is 25.8 Å². The van der Waals surface area contributed by atoms with E-state index < -0.39 is 5.97 Å². The molecule has 1 aromatic carbocycles. The Hall–Kier alpha value is -2.10. The molecule has 1 N–H and O–H groups in total. The molecule has 0 radical (unpaired) electrons. The van der Waals surface area contributed by atoms with E-state index in [1.54, 1.807) is 10.9 Å². The maximum atomic E-state index is 11.4. The normalized spacial score (nSPS) is 12.4. The average molecular weight is 258 g/mol. The number of carboxylic acid groups (broad SMARTS) is 1. The van der Waals surface area contributed by atoms with E-state index in [2.05, 4.69) is 12.0 Å². The fourth-order valence-electron chi connectivity index (χ4n) is 2.00. The Labute approximate surface area is 112 Å². The molecule has 4 nitrogen and oxygen atoms in total. The van der Waals surface area contributed by atoms with Crippen molar-refractivity contribution >= 4 is 5.97 Å². The maximum absolute atomic E-state index is 11.4. The van der Waals surface area contributed by atoms with Gasteiger partial charge >= 0.3 is 5.97 Å². The van der Waals surface area contributed by atoms with Crippen LogP contribution in [-0.4, -0.2) is 20.9 Å². The number of aromatic nitrogens is 2. The predicted octanol–water partition coefficient (Wildman–Crippen LogP) is 3.53. The van der Waals surface area contributed by atoms with Crippen molar-refractivity contribution in [2.24, 2.45) is 0 Å². The quantitative estimate of drug-likeness (QED) is 0.912. The van der Waals surface area contributed by atoms with Crippen LogP contribution in [-0.2, 0) is 0 Å². The van der Waals surface area contributed by atoms with Gasteiger partial charge in [0, 0.05) is 17.8 Å². The molecular formula is C15H18N2O2. The van der Waals surface area contributed by atoms with Gasteiger partial charge in [-0.25, -0.2) is 4.79 Å². The van der Waals surface area contributed by atoms with Gasteiger partial charge in [0.2, 0.25) is 0 Å². The molecule has 19 heavy (non-hydrogen) atoms. The minimum absolute atomic E-state index is 0.191. The molecule has 1 unspecified atom stereocenters. The SMILES string of the molecule is CCC(C)n1cc(C(=O)O)c(-c2ccccc2C)n1. The van der Waals surface area contributed by atoms with Crippen molar-refractivity contribution in [1.82, 2.24) is 9.78 Å². The summed E-state index contributed by atoms with van der Waals surface area (Å²) in [6, 6.07) is 7.89. The molecule has 0 aliphatic heterocycles. The van der Waals surface area contributed by atoms with Gasteiger partial charge < -0.3 is 5.11 Å². The Balaban J connectivity index is 2.59. The summed E-state index contributed by atoms with van der Waals surface area (Å²) < 4.78 is 1.74. The first kappa shape index (κ1) is 13.3. The fraction of sp³-hybridized carbons (Fsp3) is 0.333. The van der Waals surface area contributed by atoms with Crippen LogP contribution >= 0.6 is 0 Å². The largest absolute Gasteiger partial charge is 0.478 e. The molecule has 0 bridgehead atoms. The zero-order valence-electron chi connectivity index (χ0n) is 11.4. The third kappa shape index (κ3) is 2.52. The molecular weight excluding hydrogens is 240 g/mol. The van der Waals surface area contributed by atoms with Crippen LogP contribution in [0.4, 0.5) is 0 Å². The van der Waals surface area contributed by atoms with Crippen LogP contribution in [0.1, 0.15) is 42.2 Å². The molecule has 2 aromatic rings. The van der Waals surface area contributed by atoms with Gasteiger partial charge in [-0.3, -0.25) is 4.68 Å². The second-order valence-corrected chi connectivity index (χ2v) is 4.75. The van der Waals surface area contributed by atoms with E-state index >= 15 is 0 Å². The highest BCUT2D eigenvalue weighted by atomic mass is 16.4. The summed E-state index contributed by atoms with van der Waals surface area (Å²) in [7, 11) is 0. The zero-order valence-corrected chi connectivity index (χ0v) is 11.4. The maximum Gasteiger partial charge on any atom is 0.339 e. The first-order chi connectivity index (χ1) is 9.04. The van der Waals surface area contributed by atoms with Crippen LogP contribution in [0, 0.1) is 6.92 Å². The Kier molecular flexibility index (Phi) is 3.69. The lowest BCUT2D eigenvalue weighted by Gasteiger charge is -2.08. The standard InChI is InChI=1S/C15H18N2O2/c1-4-11(3)17-9-13(15(18)19)14(16-17)12-8-6-5-7-10(12)2/h5-9,11H,4H2,1-3H3,(H,18,19). The Morgan fingerprint density at radius 1 is 1.42 bits per heavy atom. The first-order valence-electron chi connectivity index (χ1n) is 6.43. The van der Waals surface area contributed by atoms with Crippen molar-refractivity contribution < 1.29 is 9.90 Å². The van der Waals surface area contributed by atoms with Gasteiger partial charge in [-0.15, -0.1) is 0 Å². The van der Waals surface area contributed by atoms with Crippen molar-refractivity contribution in [3.05, 3.63) is 41.6 Å². The first-order valence-corrected chi connectivity index (χ1v) is 6.43. The van der Waals surface area contributed by atoms with Crippen molar-refractivity contribution in [1.29, 1.82) is 0 Å². The second-order valence-electron chi connectivity index (χ2n) is 4.75. The Morgan fingerprint density at radius 3 is 2.68 bits per heavy atom. The van der Waals surface area contributed by atoms with Crippen LogP contribution in [0.3, 0.4) is 0 Å². The summed E-state index contributed by atoms with van der Waals surface area (Å²) in [5.41, 5.74) is 2.71. The lowest BCUT2D eigenvalue weighted by atomic mass is 10.0. The summed E-state index contributed by atoms with van der Waals surface area (Å²) in [6.07, 6.45) is 2.53. The minimum atomic E-state index is -0.937. The van der Waals surface area contributed by atoms with E-state index in [4.69, 9.17) is 0 Å². The molecule has 1 atom stereocenters. The topological polar surface area (TPSA) is 55.1 Å². The van der Waals surface area contributed by atoms with Crippen LogP contribution in [0.5, 0.6) is 0 Å². The molecule has 1 aromatic heterocycles. The average Bonchev–Trinajstić information content (AvgIpc) is 2.83. The molecule has 0 saturated carbocycles. The van der Waals surface area contributed by atoms with E-state index in [1.807, 2.05) is 38.1 Å². The van der Waals surface area contributed by atoms with E-state index in [0.717, 1.165) is 17.5 Å². The third-order valence-electron chi connectivity index (χ3n) is 3.40. The number of nitrogens with zero attached hydrogens (tertiary/aromatic N) is 2. The minimum Gasteiger partial charge on any atom is -0.478 e. The van der Waals surface area contributed by atoms with Crippen molar-refractivity contribution in [3.8, 4) is 11.3 Å². The highest BCUT2D eigenvalue weighted by molar-refractivity contribution is 5.95. The summed E-state index contributed by atoms with van der Waals surface area (Å²) in [4.78, 5) is 11.4. The van der Waals surface area contributed by atoms with Gasteiger partial charge in [0.15, 0.2) is 0 Å². The van der Waals surface area contributed by atoms with E-state index in [0.29, 0.717) is 5.69 Å². The fourth-order valence-corrected chi connectivity index (χ4v) is 2.00. The van der Waals surface area contributed by atoms with Gasteiger partial charge in [0.05, 0.1) is 0 Å². The zero-order chi connectivity index (χ0) is 14.0. The molecule has 0 aliphatic carbocycles. The van der Waals surface area contributed by atoms with Crippen LogP contribution in [0.2, 0.25) is 0 Å². The molecule has 0 aliphatic rings. The summed E-state index contributed by atoms with van der Waals surface area (Å²) >= 11 is 0. The molecule has 100 valence electrons. The molecule has 0 spiro atoms. The monoisotopic (exact) mass is 258 g/mol. The molecule has 0 saturated heterocycles. The van der Waals surface area contributed by atoms with Crippen LogP contribution in [0.15, 0.2) is 30.5 Å². The van der Waals surface area contributed by atoms with Gasteiger partial charge in [0.25, 0.3) is 0 Å². The second kappa shape index (κ2) is 5.26.